The molecule has 0 aromatic heterocycles. The summed E-state index contributed by atoms with van der Waals surface area (Å²) in [4.78, 5) is 0. The minimum absolute atomic E-state index is 0.506. The van der Waals surface area contributed by atoms with E-state index in [-0.39, 0.29) is 0 Å². The standard InChI is InChI=1S/C11H7ClF8O/c12-5-3-1-2-4-6(5)21-11(19,20)10(17,18)8(14)7(13)9(15)16/h1-4,7-9H. The average molecular weight is 343 g/mol. The summed E-state index contributed by atoms with van der Waals surface area (Å²) in [5.74, 6) is -6.77. The maximum Gasteiger partial charge on any atom is 0.467 e. The van der Waals surface area contributed by atoms with Crippen LogP contribution in [-0.2, 0) is 0 Å². The molecule has 1 rings (SSSR count). The van der Waals surface area contributed by atoms with E-state index in [9.17, 15) is 35.1 Å². The van der Waals surface area contributed by atoms with Crippen molar-refractivity contribution >= 4 is 11.6 Å². The van der Waals surface area contributed by atoms with Gasteiger partial charge in [0.25, 0.3) is 6.43 Å². The summed E-state index contributed by atoms with van der Waals surface area (Å²) in [6.45, 7) is 0. The van der Waals surface area contributed by atoms with E-state index in [1.54, 1.807) is 0 Å². The number of halogens is 9. The molecule has 10 heteroatoms. The van der Waals surface area contributed by atoms with Crippen molar-refractivity contribution in [3.8, 4) is 5.75 Å². The van der Waals surface area contributed by atoms with Crippen LogP contribution in [-0.4, -0.2) is 30.8 Å². The first kappa shape index (κ1) is 17.8. The molecule has 0 aliphatic rings. The van der Waals surface area contributed by atoms with Crippen LogP contribution in [0.1, 0.15) is 0 Å². The molecular weight excluding hydrogens is 336 g/mol. The largest absolute Gasteiger partial charge is 0.467 e. The number of hydrogen-bond acceptors (Lipinski definition) is 1. The van der Waals surface area contributed by atoms with Gasteiger partial charge in [-0.3, -0.25) is 0 Å². The van der Waals surface area contributed by atoms with Gasteiger partial charge in [0, 0.05) is 0 Å². The third-order valence-electron chi connectivity index (χ3n) is 2.33. The third-order valence-corrected chi connectivity index (χ3v) is 2.64. The van der Waals surface area contributed by atoms with Crippen molar-refractivity contribution in [2.24, 2.45) is 0 Å². The number of benzene rings is 1. The first-order chi connectivity index (χ1) is 9.50. The molecule has 1 nitrogen and oxygen atoms in total. The first-order valence-electron chi connectivity index (χ1n) is 5.26. The zero-order valence-electron chi connectivity index (χ0n) is 9.85. The predicted molar refractivity (Wildman–Crippen MR) is 57.8 cm³/mol. The number of alkyl halides is 8. The van der Waals surface area contributed by atoms with Gasteiger partial charge in [-0.1, -0.05) is 23.7 Å². The lowest BCUT2D eigenvalue weighted by atomic mass is 10.1. The summed E-state index contributed by atoms with van der Waals surface area (Å²) in [5.41, 5.74) is 0. The molecule has 0 aliphatic heterocycles. The first-order valence-corrected chi connectivity index (χ1v) is 5.64. The topological polar surface area (TPSA) is 9.23 Å². The molecule has 0 spiro atoms. The van der Waals surface area contributed by atoms with Gasteiger partial charge in [0.05, 0.1) is 5.02 Å². The second-order valence-corrected chi connectivity index (χ2v) is 4.26. The molecule has 120 valence electrons. The summed E-state index contributed by atoms with van der Waals surface area (Å²) < 4.78 is 106. The summed E-state index contributed by atoms with van der Waals surface area (Å²) in [7, 11) is 0. The van der Waals surface area contributed by atoms with Gasteiger partial charge < -0.3 is 4.74 Å². The lowest BCUT2D eigenvalue weighted by molar-refractivity contribution is -0.335. The van der Waals surface area contributed by atoms with Crippen LogP contribution in [0.2, 0.25) is 5.02 Å². The van der Waals surface area contributed by atoms with Crippen molar-refractivity contribution in [2.45, 2.75) is 30.8 Å². The van der Waals surface area contributed by atoms with Crippen LogP contribution < -0.4 is 4.74 Å². The van der Waals surface area contributed by atoms with E-state index in [2.05, 4.69) is 4.74 Å². The number of ether oxygens (including phenoxy) is 1. The Morgan fingerprint density at radius 1 is 0.952 bits per heavy atom. The SMILES string of the molecule is FC(F)C(F)C(F)C(F)(F)C(F)(F)Oc1ccccc1Cl. The molecule has 0 saturated carbocycles. The smallest absolute Gasteiger partial charge is 0.426 e. The fraction of sp³-hybridized carbons (Fsp3) is 0.455. The zero-order chi connectivity index (χ0) is 16.4. The highest BCUT2D eigenvalue weighted by Gasteiger charge is 2.68. The van der Waals surface area contributed by atoms with Gasteiger partial charge in [0.2, 0.25) is 6.17 Å². The Morgan fingerprint density at radius 3 is 1.95 bits per heavy atom. The Hall–Kier alpha value is -1.25. The van der Waals surface area contributed by atoms with Crippen molar-refractivity contribution < 1.29 is 39.9 Å². The zero-order valence-corrected chi connectivity index (χ0v) is 10.6. The van der Waals surface area contributed by atoms with Crippen molar-refractivity contribution in [3.63, 3.8) is 0 Å². The van der Waals surface area contributed by atoms with Crippen molar-refractivity contribution in [1.82, 2.24) is 0 Å². The monoisotopic (exact) mass is 342 g/mol. The van der Waals surface area contributed by atoms with Gasteiger partial charge in [0.15, 0.2) is 6.17 Å². The van der Waals surface area contributed by atoms with Crippen molar-refractivity contribution in [2.75, 3.05) is 0 Å². The molecule has 0 amide bonds. The highest BCUT2D eigenvalue weighted by atomic mass is 35.5. The molecule has 1 aromatic rings. The third kappa shape index (κ3) is 3.69. The minimum atomic E-state index is -5.83. The fourth-order valence-electron chi connectivity index (χ4n) is 1.22. The molecule has 0 saturated heterocycles. The van der Waals surface area contributed by atoms with Crippen LogP contribution in [0.15, 0.2) is 24.3 Å². The van der Waals surface area contributed by atoms with E-state index in [0.29, 0.717) is 0 Å². The van der Waals surface area contributed by atoms with E-state index in [0.717, 1.165) is 18.2 Å². The van der Waals surface area contributed by atoms with E-state index >= 15 is 0 Å². The molecule has 21 heavy (non-hydrogen) atoms. The van der Waals surface area contributed by atoms with E-state index in [4.69, 9.17) is 11.6 Å². The Kier molecular flexibility index (Phi) is 5.30. The lowest BCUT2D eigenvalue weighted by Gasteiger charge is -2.30. The highest BCUT2D eigenvalue weighted by Crippen LogP contribution is 2.43. The van der Waals surface area contributed by atoms with Crippen molar-refractivity contribution in [3.05, 3.63) is 29.3 Å². The highest BCUT2D eigenvalue weighted by molar-refractivity contribution is 6.32. The number of para-hydroxylation sites is 1. The summed E-state index contributed by atoms with van der Waals surface area (Å²) in [6, 6.07) is 4.13. The van der Waals surface area contributed by atoms with Gasteiger partial charge >= 0.3 is 12.0 Å². The van der Waals surface area contributed by atoms with E-state index in [1.165, 1.54) is 6.07 Å². The molecule has 2 atom stereocenters. The number of rotatable bonds is 6. The van der Waals surface area contributed by atoms with Gasteiger partial charge in [-0.05, 0) is 12.1 Å². The van der Waals surface area contributed by atoms with Crippen molar-refractivity contribution in [1.29, 1.82) is 0 Å². The molecule has 1 aromatic carbocycles. The summed E-state index contributed by atoms with van der Waals surface area (Å²) in [5, 5.41) is -0.506. The molecule has 0 fully saturated rings. The van der Waals surface area contributed by atoms with Crippen LogP contribution in [0, 0.1) is 0 Å². The minimum Gasteiger partial charge on any atom is -0.426 e. The van der Waals surface area contributed by atoms with Crippen LogP contribution in [0.3, 0.4) is 0 Å². The summed E-state index contributed by atoms with van der Waals surface area (Å²) in [6.07, 6.45) is -18.3. The van der Waals surface area contributed by atoms with Gasteiger partial charge in [-0.15, -0.1) is 0 Å². The Balaban J connectivity index is 3.02. The Morgan fingerprint density at radius 2 is 1.48 bits per heavy atom. The van der Waals surface area contributed by atoms with E-state index < -0.39 is 41.6 Å². The van der Waals surface area contributed by atoms with Crippen LogP contribution in [0.25, 0.3) is 0 Å². The summed E-state index contributed by atoms with van der Waals surface area (Å²) >= 11 is 5.38. The lowest BCUT2D eigenvalue weighted by Crippen LogP contribution is -2.55. The maximum atomic E-state index is 13.3. The normalized spacial score (nSPS) is 15.9. The number of hydrogen-bond donors (Lipinski definition) is 0. The second-order valence-electron chi connectivity index (χ2n) is 3.85. The molecular formula is C11H7ClF8O. The van der Waals surface area contributed by atoms with Gasteiger partial charge in [0.1, 0.15) is 5.75 Å². The molecule has 0 bridgehead atoms. The van der Waals surface area contributed by atoms with Crippen LogP contribution >= 0.6 is 11.6 Å². The van der Waals surface area contributed by atoms with E-state index in [1.807, 2.05) is 0 Å². The average Bonchev–Trinajstić information content (AvgIpc) is 2.39. The second kappa shape index (κ2) is 6.25. The quantitative estimate of drug-likeness (QED) is 0.669. The maximum absolute atomic E-state index is 13.3. The van der Waals surface area contributed by atoms with Crippen LogP contribution in [0.5, 0.6) is 5.75 Å². The molecule has 2 unspecified atom stereocenters. The molecule has 0 aliphatic carbocycles. The predicted octanol–water partition coefficient (Wildman–Crippen LogP) is 4.89. The molecule has 0 N–H and O–H groups in total. The molecule has 0 heterocycles. The fourth-order valence-corrected chi connectivity index (χ4v) is 1.40. The van der Waals surface area contributed by atoms with Gasteiger partial charge in [-0.25, -0.2) is 17.6 Å². The Labute approximate surface area is 118 Å². The molecule has 0 radical (unpaired) electrons. The Bertz CT molecular complexity index is 481. The van der Waals surface area contributed by atoms with Crippen LogP contribution in [0.4, 0.5) is 35.1 Å². The van der Waals surface area contributed by atoms with Gasteiger partial charge in [-0.2, -0.15) is 17.6 Å².